The molecule has 0 aromatic rings. The van der Waals surface area contributed by atoms with Crippen LogP contribution < -0.4 is 0 Å². The van der Waals surface area contributed by atoms with Gasteiger partial charge in [0.2, 0.25) is 5.78 Å². The predicted octanol–water partition coefficient (Wildman–Crippen LogP) is -1.11. The van der Waals surface area contributed by atoms with Crippen LogP contribution in [-0.4, -0.2) is 39.1 Å². The summed E-state index contributed by atoms with van der Waals surface area (Å²) in [5, 5.41) is 25.3. The highest BCUT2D eigenvalue weighted by Crippen LogP contribution is 2.07. The first-order chi connectivity index (χ1) is 5.91. The van der Waals surface area contributed by atoms with Crippen molar-refractivity contribution in [2.24, 2.45) is 5.92 Å². The Hall–Kier alpha value is -1.69. The van der Waals surface area contributed by atoms with Gasteiger partial charge in [-0.2, -0.15) is 0 Å². The van der Waals surface area contributed by atoms with Crippen LogP contribution in [0.15, 0.2) is 12.7 Å². The Balaban J connectivity index is 4.70. The van der Waals surface area contributed by atoms with E-state index in [9.17, 15) is 14.4 Å². The van der Waals surface area contributed by atoms with Crippen molar-refractivity contribution in [3.8, 4) is 0 Å². The number of hydrogen-bond donors (Lipinski definition) is 3. The number of ketones is 1. The Bertz CT molecular complexity index is 256. The molecule has 0 rings (SSSR count). The number of rotatable bonds is 5. The van der Waals surface area contributed by atoms with Crippen LogP contribution >= 0.6 is 0 Å². The fourth-order valence-corrected chi connectivity index (χ4v) is 0.676. The second-order valence-electron chi connectivity index (χ2n) is 2.21. The summed E-state index contributed by atoms with van der Waals surface area (Å²) in [5.41, 5.74) is 0. The van der Waals surface area contributed by atoms with E-state index in [1.165, 1.54) is 0 Å². The van der Waals surface area contributed by atoms with Gasteiger partial charge in [0.15, 0.2) is 6.10 Å². The van der Waals surface area contributed by atoms with E-state index in [2.05, 4.69) is 6.58 Å². The normalized spacial score (nSPS) is 14.2. The van der Waals surface area contributed by atoms with Crippen molar-refractivity contribution in [2.45, 2.75) is 6.10 Å². The van der Waals surface area contributed by atoms with Crippen molar-refractivity contribution in [1.82, 2.24) is 0 Å². The van der Waals surface area contributed by atoms with E-state index in [-0.39, 0.29) is 0 Å². The molecule has 3 N–H and O–H groups in total. The summed E-state index contributed by atoms with van der Waals surface area (Å²) in [6.45, 7) is 3.06. The van der Waals surface area contributed by atoms with Gasteiger partial charge in [-0.3, -0.25) is 4.79 Å². The standard InChI is InChI=1S/C7H8O6/c1-2-3(4(8)6(10)11)5(9)7(12)13/h2-4,8H,1H2,(H,10,11)(H,12,13). The first-order valence-corrected chi connectivity index (χ1v) is 3.22. The third-order valence-electron chi connectivity index (χ3n) is 1.36. The largest absolute Gasteiger partial charge is 0.479 e. The molecule has 2 unspecified atom stereocenters. The maximum absolute atomic E-state index is 10.7. The van der Waals surface area contributed by atoms with Gasteiger partial charge in [-0.05, 0) is 0 Å². The molecule has 6 nitrogen and oxygen atoms in total. The van der Waals surface area contributed by atoms with Gasteiger partial charge in [0.05, 0.1) is 5.92 Å². The Morgan fingerprint density at radius 3 is 1.92 bits per heavy atom. The monoisotopic (exact) mass is 188 g/mol. The maximum Gasteiger partial charge on any atom is 0.372 e. The number of aliphatic hydroxyl groups excluding tert-OH is 1. The van der Waals surface area contributed by atoms with Crippen LogP contribution in [0.25, 0.3) is 0 Å². The molecule has 6 heteroatoms. The minimum atomic E-state index is -2.07. The van der Waals surface area contributed by atoms with E-state index in [1.54, 1.807) is 0 Å². The van der Waals surface area contributed by atoms with Gasteiger partial charge < -0.3 is 15.3 Å². The Morgan fingerprint density at radius 1 is 1.23 bits per heavy atom. The number of carbonyl (C=O) groups excluding carboxylic acids is 1. The average Bonchev–Trinajstić information content (AvgIpc) is 2.04. The van der Waals surface area contributed by atoms with Gasteiger partial charge >= 0.3 is 11.9 Å². The van der Waals surface area contributed by atoms with Crippen molar-refractivity contribution >= 4 is 17.7 Å². The Morgan fingerprint density at radius 2 is 1.69 bits per heavy atom. The van der Waals surface area contributed by atoms with Crippen molar-refractivity contribution < 1.29 is 29.7 Å². The van der Waals surface area contributed by atoms with E-state index in [0.717, 1.165) is 6.08 Å². The van der Waals surface area contributed by atoms with Crippen LogP contribution in [-0.2, 0) is 14.4 Å². The molecule has 0 spiro atoms. The van der Waals surface area contributed by atoms with Crippen LogP contribution in [0.5, 0.6) is 0 Å². The molecule has 0 amide bonds. The lowest BCUT2D eigenvalue weighted by Crippen LogP contribution is -2.36. The van der Waals surface area contributed by atoms with Crippen LogP contribution in [0.4, 0.5) is 0 Å². The van der Waals surface area contributed by atoms with E-state index in [1.807, 2.05) is 0 Å². The van der Waals surface area contributed by atoms with Gasteiger partial charge in [0.25, 0.3) is 0 Å². The predicted molar refractivity (Wildman–Crippen MR) is 40.0 cm³/mol. The zero-order valence-electron chi connectivity index (χ0n) is 6.51. The lowest BCUT2D eigenvalue weighted by molar-refractivity contribution is -0.157. The molecule has 2 atom stereocenters. The molecule has 0 aliphatic heterocycles. The fourth-order valence-electron chi connectivity index (χ4n) is 0.676. The lowest BCUT2D eigenvalue weighted by Gasteiger charge is -2.11. The van der Waals surface area contributed by atoms with Gasteiger partial charge in [0.1, 0.15) is 0 Å². The topological polar surface area (TPSA) is 112 Å². The summed E-state index contributed by atoms with van der Waals surface area (Å²) < 4.78 is 0. The minimum absolute atomic E-state index is 0.787. The van der Waals surface area contributed by atoms with Crippen molar-refractivity contribution in [3.05, 3.63) is 12.7 Å². The van der Waals surface area contributed by atoms with Crippen molar-refractivity contribution in [1.29, 1.82) is 0 Å². The van der Waals surface area contributed by atoms with Gasteiger partial charge in [-0.15, -0.1) is 6.58 Å². The van der Waals surface area contributed by atoms with Crippen LogP contribution in [0, 0.1) is 5.92 Å². The lowest BCUT2D eigenvalue weighted by atomic mass is 9.97. The highest BCUT2D eigenvalue weighted by Gasteiger charge is 2.33. The zero-order chi connectivity index (χ0) is 10.6. The summed E-state index contributed by atoms with van der Waals surface area (Å²) in [7, 11) is 0. The molecule has 0 aromatic carbocycles. The number of aliphatic carboxylic acids is 2. The quantitative estimate of drug-likeness (QED) is 0.372. The molecule has 0 saturated carbocycles. The first-order valence-electron chi connectivity index (χ1n) is 3.22. The third kappa shape index (κ3) is 2.68. The molecule has 0 bridgehead atoms. The van der Waals surface area contributed by atoms with Crippen LogP contribution in [0.3, 0.4) is 0 Å². The fraction of sp³-hybridized carbons (Fsp3) is 0.286. The summed E-state index contributed by atoms with van der Waals surface area (Å²) in [4.78, 5) is 31.0. The van der Waals surface area contributed by atoms with Crippen LogP contribution in [0.1, 0.15) is 0 Å². The second-order valence-corrected chi connectivity index (χ2v) is 2.21. The number of Topliss-reactive ketones (excluding diaryl/α,β-unsaturated/α-hetero) is 1. The summed E-state index contributed by atoms with van der Waals surface area (Å²) in [6, 6.07) is 0. The smallest absolute Gasteiger partial charge is 0.372 e. The van der Waals surface area contributed by atoms with Gasteiger partial charge in [-0.1, -0.05) is 6.08 Å². The number of carboxylic acid groups (broad SMARTS) is 2. The van der Waals surface area contributed by atoms with E-state index < -0.39 is 29.7 Å². The highest BCUT2D eigenvalue weighted by atomic mass is 16.4. The number of aliphatic hydroxyl groups is 1. The molecule has 0 saturated heterocycles. The molecule has 0 heterocycles. The molecular formula is C7H8O6. The Kier molecular flexibility index (Phi) is 3.80. The highest BCUT2D eigenvalue weighted by molar-refractivity contribution is 6.34. The summed E-state index contributed by atoms with van der Waals surface area (Å²) in [6.07, 6.45) is -1.28. The molecule has 0 aliphatic carbocycles. The molecule has 0 radical (unpaired) electrons. The molecule has 0 aliphatic rings. The maximum atomic E-state index is 10.7. The molecule has 0 fully saturated rings. The number of hydrogen-bond acceptors (Lipinski definition) is 4. The third-order valence-corrected chi connectivity index (χ3v) is 1.36. The number of carbonyl (C=O) groups is 3. The van der Waals surface area contributed by atoms with Crippen LogP contribution in [0.2, 0.25) is 0 Å². The zero-order valence-corrected chi connectivity index (χ0v) is 6.51. The van der Waals surface area contributed by atoms with Crippen molar-refractivity contribution in [3.63, 3.8) is 0 Å². The average molecular weight is 188 g/mol. The summed E-state index contributed by atoms with van der Waals surface area (Å²) >= 11 is 0. The van der Waals surface area contributed by atoms with Gasteiger partial charge in [0, 0.05) is 0 Å². The molecule has 13 heavy (non-hydrogen) atoms. The SMILES string of the molecule is C=CC(C(=O)C(=O)O)C(O)C(=O)O. The minimum Gasteiger partial charge on any atom is -0.479 e. The van der Waals surface area contributed by atoms with Gasteiger partial charge in [-0.25, -0.2) is 9.59 Å². The van der Waals surface area contributed by atoms with E-state index in [4.69, 9.17) is 15.3 Å². The molecular weight excluding hydrogens is 180 g/mol. The van der Waals surface area contributed by atoms with E-state index in [0.29, 0.717) is 0 Å². The summed E-state index contributed by atoms with van der Waals surface area (Å²) in [5.74, 6) is -6.48. The second kappa shape index (κ2) is 4.36. The first kappa shape index (κ1) is 11.3. The van der Waals surface area contributed by atoms with E-state index >= 15 is 0 Å². The molecule has 72 valence electrons. The number of carboxylic acids is 2. The Labute approximate surface area is 73.1 Å². The van der Waals surface area contributed by atoms with Crippen molar-refractivity contribution in [2.75, 3.05) is 0 Å². The molecule has 0 aromatic heterocycles.